The highest BCUT2D eigenvalue weighted by Gasteiger charge is 2.25. The molecule has 1 unspecified atom stereocenters. The van der Waals surface area contributed by atoms with Crippen molar-refractivity contribution < 1.29 is 0 Å². The lowest BCUT2D eigenvalue weighted by Crippen LogP contribution is -2.22. The number of anilines is 1. The predicted molar refractivity (Wildman–Crippen MR) is 74.4 cm³/mol. The van der Waals surface area contributed by atoms with Crippen LogP contribution in [0.5, 0.6) is 0 Å². The molecule has 0 aliphatic carbocycles. The first-order valence-electron chi connectivity index (χ1n) is 6.68. The van der Waals surface area contributed by atoms with Gasteiger partial charge in [-0.3, -0.25) is 0 Å². The predicted octanol–water partition coefficient (Wildman–Crippen LogP) is 1.01. The molecule has 7 heteroatoms. The summed E-state index contributed by atoms with van der Waals surface area (Å²) in [5.74, 6) is 0.763. The summed E-state index contributed by atoms with van der Waals surface area (Å²) in [7, 11) is 1.95. The molecule has 7 nitrogen and oxygen atoms in total. The summed E-state index contributed by atoms with van der Waals surface area (Å²) in [6.45, 7) is 1.87. The van der Waals surface area contributed by atoms with Gasteiger partial charge in [-0.05, 0) is 6.42 Å². The van der Waals surface area contributed by atoms with Crippen LogP contribution in [0.4, 0.5) is 5.95 Å². The van der Waals surface area contributed by atoms with Crippen molar-refractivity contribution >= 4 is 17.1 Å². The van der Waals surface area contributed by atoms with E-state index in [1.165, 1.54) is 0 Å². The molecule has 0 amide bonds. The van der Waals surface area contributed by atoms with Crippen LogP contribution in [0.15, 0.2) is 31.2 Å². The summed E-state index contributed by atoms with van der Waals surface area (Å²) in [6.07, 6.45) is 10.4. The Labute approximate surface area is 115 Å². The molecule has 1 aliphatic rings. The smallest absolute Gasteiger partial charge is 0.227 e. The molecule has 1 atom stereocenters. The van der Waals surface area contributed by atoms with Crippen LogP contribution in [-0.2, 0) is 7.05 Å². The van der Waals surface area contributed by atoms with Crippen LogP contribution >= 0.6 is 0 Å². The van der Waals surface area contributed by atoms with Crippen LogP contribution in [0.1, 0.15) is 12.5 Å². The Morgan fingerprint density at radius 1 is 1.25 bits per heavy atom. The van der Waals surface area contributed by atoms with Gasteiger partial charge in [0.05, 0.1) is 24.9 Å². The average molecular weight is 269 g/mol. The summed E-state index contributed by atoms with van der Waals surface area (Å²) in [6, 6.07) is 0.445. The van der Waals surface area contributed by atoms with Crippen LogP contribution in [0.2, 0.25) is 0 Å². The van der Waals surface area contributed by atoms with Gasteiger partial charge in [-0.25, -0.2) is 15.0 Å². The molecular weight excluding hydrogens is 254 g/mol. The second-order valence-corrected chi connectivity index (χ2v) is 5.13. The highest BCUT2D eigenvalue weighted by atomic mass is 15.3. The standard InChI is InChI=1S/C13H15N7/c1-18-9-16-12-11(18)6-15-13(17-12)19-4-2-10(7-19)20-5-3-14-8-20/h3,5-6,8-10H,2,4,7H2,1H3. The fourth-order valence-corrected chi connectivity index (χ4v) is 2.71. The molecule has 4 heterocycles. The van der Waals surface area contributed by atoms with Gasteiger partial charge in [0.1, 0.15) is 5.52 Å². The van der Waals surface area contributed by atoms with Gasteiger partial charge in [-0.1, -0.05) is 0 Å². The molecule has 1 aliphatic heterocycles. The van der Waals surface area contributed by atoms with Crippen molar-refractivity contribution in [3.8, 4) is 0 Å². The first-order chi connectivity index (χ1) is 9.81. The van der Waals surface area contributed by atoms with Gasteiger partial charge in [-0.15, -0.1) is 0 Å². The zero-order valence-electron chi connectivity index (χ0n) is 11.2. The summed E-state index contributed by atoms with van der Waals surface area (Å²) in [5.41, 5.74) is 1.71. The minimum Gasteiger partial charge on any atom is -0.339 e. The third kappa shape index (κ3) is 1.74. The second-order valence-electron chi connectivity index (χ2n) is 5.13. The first kappa shape index (κ1) is 11.4. The van der Waals surface area contributed by atoms with Gasteiger partial charge >= 0.3 is 0 Å². The number of hydrogen-bond donors (Lipinski definition) is 0. The number of fused-ring (bicyclic) bond motifs is 1. The van der Waals surface area contributed by atoms with E-state index >= 15 is 0 Å². The van der Waals surface area contributed by atoms with Crippen LogP contribution in [0.3, 0.4) is 0 Å². The number of imidazole rings is 2. The lowest BCUT2D eigenvalue weighted by Gasteiger charge is -2.16. The molecule has 0 bridgehead atoms. The van der Waals surface area contributed by atoms with Gasteiger partial charge in [-0.2, -0.15) is 4.98 Å². The Bertz CT molecular complexity index is 730. The largest absolute Gasteiger partial charge is 0.339 e. The lowest BCUT2D eigenvalue weighted by atomic mass is 10.3. The fourth-order valence-electron chi connectivity index (χ4n) is 2.71. The van der Waals surface area contributed by atoms with Gasteiger partial charge < -0.3 is 14.0 Å². The molecule has 0 spiro atoms. The molecule has 1 fully saturated rings. The van der Waals surface area contributed by atoms with Crippen molar-refractivity contribution in [1.82, 2.24) is 29.1 Å². The highest BCUT2D eigenvalue weighted by Crippen LogP contribution is 2.25. The van der Waals surface area contributed by atoms with Crippen LogP contribution in [0.25, 0.3) is 11.2 Å². The van der Waals surface area contributed by atoms with Crippen molar-refractivity contribution in [1.29, 1.82) is 0 Å². The number of hydrogen-bond acceptors (Lipinski definition) is 5. The van der Waals surface area contributed by atoms with Crippen molar-refractivity contribution in [3.63, 3.8) is 0 Å². The molecule has 0 aromatic carbocycles. The molecule has 0 N–H and O–H groups in total. The highest BCUT2D eigenvalue weighted by molar-refractivity contribution is 5.70. The second kappa shape index (κ2) is 4.29. The van der Waals surface area contributed by atoms with Gasteiger partial charge in [0, 0.05) is 32.5 Å². The monoisotopic (exact) mass is 269 g/mol. The van der Waals surface area contributed by atoms with E-state index in [2.05, 4.69) is 29.4 Å². The van der Waals surface area contributed by atoms with Crippen molar-refractivity contribution in [2.75, 3.05) is 18.0 Å². The number of nitrogens with zero attached hydrogens (tertiary/aromatic N) is 7. The molecule has 1 saturated heterocycles. The molecule has 3 aromatic heterocycles. The molecule has 0 radical (unpaired) electrons. The van der Waals surface area contributed by atoms with Crippen molar-refractivity contribution in [2.45, 2.75) is 12.5 Å². The van der Waals surface area contributed by atoms with Crippen LogP contribution in [0, 0.1) is 0 Å². The Kier molecular flexibility index (Phi) is 2.45. The van der Waals surface area contributed by atoms with E-state index in [1.807, 2.05) is 36.5 Å². The average Bonchev–Trinajstić information content (AvgIpc) is 3.18. The summed E-state index contributed by atoms with van der Waals surface area (Å²) in [5, 5.41) is 0. The summed E-state index contributed by atoms with van der Waals surface area (Å²) in [4.78, 5) is 19.6. The maximum absolute atomic E-state index is 4.55. The van der Waals surface area contributed by atoms with E-state index in [0.29, 0.717) is 6.04 Å². The van der Waals surface area contributed by atoms with Crippen molar-refractivity contribution in [2.24, 2.45) is 7.05 Å². The third-order valence-corrected chi connectivity index (χ3v) is 3.86. The maximum Gasteiger partial charge on any atom is 0.227 e. The van der Waals surface area contributed by atoms with Gasteiger partial charge in [0.2, 0.25) is 5.95 Å². The molecular formula is C13H15N7. The normalized spacial score (nSPS) is 19.1. The van der Waals surface area contributed by atoms with E-state index in [-0.39, 0.29) is 0 Å². The molecule has 102 valence electrons. The topological polar surface area (TPSA) is 64.7 Å². The zero-order chi connectivity index (χ0) is 13.5. The molecule has 20 heavy (non-hydrogen) atoms. The van der Waals surface area contributed by atoms with Gasteiger partial charge in [0.15, 0.2) is 5.65 Å². The molecule has 0 saturated carbocycles. The quantitative estimate of drug-likeness (QED) is 0.694. The minimum absolute atomic E-state index is 0.445. The number of aryl methyl sites for hydroxylation is 1. The third-order valence-electron chi connectivity index (χ3n) is 3.86. The SMILES string of the molecule is Cn1cnc2nc(N3CCC(n4ccnc4)C3)ncc21. The maximum atomic E-state index is 4.55. The Hall–Kier alpha value is -2.44. The Morgan fingerprint density at radius 2 is 2.20 bits per heavy atom. The van der Waals surface area contributed by atoms with E-state index in [9.17, 15) is 0 Å². The number of aromatic nitrogens is 6. The van der Waals surface area contributed by atoms with Crippen molar-refractivity contribution in [3.05, 3.63) is 31.2 Å². The van der Waals surface area contributed by atoms with Gasteiger partial charge in [0.25, 0.3) is 0 Å². The van der Waals surface area contributed by atoms with Crippen LogP contribution in [-0.4, -0.2) is 42.2 Å². The molecule has 4 rings (SSSR count). The Balaban J connectivity index is 1.60. The van der Waals surface area contributed by atoms with E-state index in [0.717, 1.165) is 36.6 Å². The first-order valence-corrected chi connectivity index (χ1v) is 6.68. The summed E-state index contributed by atoms with van der Waals surface area (Å²) >= 11 is 0. The van der Waals surface area contributed by atoms with E-state index < -0.39 is 0 Å². The Morgan fingerprint density at radius 3 is 3.05 bits per heavy atom. The van der Waals surface area contributed by atoms with Crippen LogP contribution < -0.4 is 4.90 Å². The molecule has 3 aromatic rings. The van der Waals surface area contributed by atoms with E-state index in [1.54, 1.807) is 6.33 Å². The lowest BCUT2D eigenvalue weighted by molar-refractivity contribution is 0.551. The van der Waals surface area contributed by atoms with E-state index in [4.69, 9.17) is 0 Å². The fraction of sp³-hybridized carbons (Fsp3) is 0.385. The minimum atomic E-state index is 0.445. The number of rotatable bonds is 2. The zero-order valence-corrected chi connectivity index (χ0v) is 11.2. The summed E-state index contributed by atoms with van der Waals surface area (Å²) < 4.78 is 4.08.